The molecule has 2 heterocycles. The standard InChI is InChI=1S/C31H24N2O4/c1-19-14-15-28-23(16-19)30(34)29(31(35)37-28)27-18-26(32-24-12-5-6-13-25(24)33-27)20-8-7-11-22(17-20)36-21-9-3-2-4-10-21/h2-17,26,32,34H,18H2,1H3. The molecule has 1 aromatic heterocycles. The van der Waals surface area contributed by atoms with Gasteiger partial charge >= 0.3 is 5.63 Å². The van der Waals surface area contributed by atoms with Crippen molar-refractivity contribution in [2.45, 2.75) is 19.4 Å². The molecule has 5 aromatic rings. The predicted octanol–water partition coefficient (Wildman–Crippen LogP) is 7.28. The van der Waals surface area contributed by atoms with Crippen molar-refractivity contribution in [2.75, 3.05) is 5.32 Å². The Morgan fingerprint density at radius 1 is 0.919 bits per heavy atom. The first-order valence-electron chi connectivity index (χ1n) is 12.1. The summed E-state index contributed by atoms with van der Waals surface area (Å²) < 4.78 is 11.7. The summed E-state index contributed by atoms with van der Waals surface area (Å²) in [6.07, 6.45) is 0.346. The van der Waals surface area contributed by atoms with E-state index in [0.717, 1.165) is 22.6 Å². The van der Waals surface area contributed by atoms with E-state index in [1.807, 2.05) is 97.9 Å². The Hall–Kier alpha value is -4.84. The number of para-hydroxylation sites is 3. The molecule has 0 aliphatic carbocycles. The van der Waals surface area contributed by atoms with E-state index in [9.17, 15) is 9.90 Å². The molecule has 0 spiro atoms. The lowest BCUT2D eigenvalue weighted by Gasteiger charge is -2.20. The lowest BCUT2D eigenvalue weighted by Crippen LogP contribution is -2.19. The average Bonchev–Trinajstić information content (AvgIpc) is 3.10. The van der Waals surface area contributed by atoms with Gasteiger partial charge in [-0.25, -0.2) is 4.79 Å². The van der Waals surface area contributed by atoms with Gasteiger partial charge in [0.05, 0.1) is 28.5 Å². The van der Waals surface area contributed by atoms with Gasteiger partial charge in [0.2, 0.25) is 0 Å². The predicted molar refractivity (Wildman–Crippen MR) is 145 cm³/mol. The van der Waals surface area contributed by atoms with Crippen LogP contribution in [0.25, 0.3) is 11.0 Å². The van der Waals surface area contributed by atoms with Crippen LogP contribution in [0.15, 0.2) is 111 Å². The molecule has 1 atom stereocenters. The first kappa shape index (κ1) is 22.6. The van der Waals surface area contributed by atoms with E-state index in [0.29, 0.717) is 34.5 Å². The first-order chi connectivity index (χ1) is 18.0. The number of aromatic hydroxyl groups is 1. The third-order valence-electron chi connectivity index (χ3n) is 6.45. The topological polar surface area (TPSA) is 84.1 Å². The van der Waals surface area contributed by atoms with Crippen molar-refractivity contribution in [3.05, 3.63) is 124 Å². The van der Waals surface area contributed by atoms with Gasteiger partial charge in [0.25, 0.3) is 0 Å². The van der Waals surface area contributed by atoms with Crippen LogP contribution in [0.2, 0.25) is 0 Å². The maximum atomic E-state index is 13.1. The van der Waals surface area contributed by atoms with E-state index in [1.54, 1.807) is 6.07 Å². The Morgan fingerprint density at radius 2 is 1.70 bits per heavy atom. The van der Waals surface area contributed by atoms with Crippen molar-refractivity contribution in [3.8, 4) is 17.2 Å². The average molecular weight is 489 g/mol. The molecule has 0 bridgehead atoms. The molecule has 4 aromatic carbocycles. The second-order valence-corrected chi connectivity index (χ2v) is 9.08. The largest absolute Gasteiger partial charge is 0.506 e. The quantitative estimate of drug-likeness (QED) is 0.260. The molecule has 182 valence electrons. The Bertz CT molecular complexity index is 1710. The number of nitrogens with zero attached hydrogens (tertiary/aromatic N) is 1. The fraction of sp³-hybridized carbons (Fsp3) is 0.0968. The third kappa shape index (κ3) is 4.45. The minimum atomic E-state index is -0.619. The van der Waals surface area contributed by atoms with Crippen molar-refractivity contribution in [1.29, 1.82) is 0 Å². The summed E-state index contributed by atoms with van der Waals surface area (Å²) in [5.74, 6) is 1.33. The summed E-state index contributed by atoms with van der Waals surface area (Å²) in [5, 5.41) is 15.3. The van der Waals surface area contributed by atoms with Gasteiger partial charge in [-0.2, -0.15) is 0 Å². The summed E-state index contributed by atoms with van der Waals surface area (Å²) in [6.45, 7) is 1.92. The number of nitrogens with one attached hydrogen (secondary N) is 1. The van der Waals surface area contributed by atoms with Crippen molar-refractivity contribution in [2.24, 2.45) is 4.99 Å². The van der Waals surface area contributed by atoms with Crippen LogP contribution in [0.1, 0.15) is 29.2 Å². The number of fused-ring (bicyclic) bond motifs is 2. The summed E-state index contributed by atoms with van der Waals surface area (Å²) in [6, 6.07) is 30.2. The minimum absolute atomic E-state index is 0.0818. The normalized spacial score (nSPS) is 14.8. The fourth-order valence-electron chi connectivity index (χ4n) is 4.65. The van der Waals surface area contributed by atoms with E-state index in [-0.39, 0.29) is 17.4 Å². The van der Waals surface area contributed by atoms with Crippen LogP contribution in [-0.2, 0) is 0 Å². The van der Waals surface area contributed by atoms with Crippen molar-refractivity contribution < 1.29 is 14.3 Å². The van der Waals surface area contributed by atoms with Crippen LogP contribution in [-0.4, -0.2) is 10.8 Å². The van der Waals surface area contributed by atoms with Gasteiger partial charge in [-0.05, 0) is 61.0 Å². The number of aliphatic imine (C=N–C) groups is 1. The number of hydrogen-bond acceptors (Lipinski definition) is 6. The van der Waals surface area contributed by atoms with Gasteiger partial charge in [0.15, 0.2) is 0 Å². The highest BCUT2D eigenvalue weighted by Gasteiger charge is 2.26. The summed E-state index contributed by atoms with van der Waals surface area (Å²) in [4.78, 5) is 17.9. The van der Waals surface area contributed by atoms with Crippen LogP contribution in [0.4, 0.5) is 11.4 Å². The molecule has 0 radical (unpaired) electrons. The van der Waals surface area contributed by atoms with Crippen molar-refractivity contribution in [3.63, 3.8) is 0 Å². The van der Waals surface area contributed by atoms with Crippen LogP contribution >= 0.6 is 0 Å². The molecule has 6 nitrogen and oxygen atoms in total. The highest BCUT2D eigenvalue weighted by Crippen LogP contribution is 2.38. The van der Waals surface area contributed by atoms with E-state index in [4.69, 9.17) is 14.1 Å². The summed E-state index contributed by atoms with van der Waals surface area (Å²) in [7, 11) is 0. The van der Waals surface area contributed by atoms with Gasteiger partial charge in [-0.1, -0.05) is 54.1 Å². The van der Waals surface area contributed by atoms with E-state index >= 15 is 0 Å². The Kier molecular flexibility index (Phi) is 5.69. The van der Waals surface area contributed by atoms with Crippen molar-refractivity contribution in [1.82, 2.24) is 0 Å². The van der Waals surface area contributed by atoms with Crippen molar-refractivity contribution >= 4 is 28.1 Å². The molecule has 1 unspecified atom stereocenters. The maximum absolute atomic E-state index is 13.1. The lowest BCUT2D eigenvalue weighted by atomic mass is 9.96. The zero-order valence-corrected chi connectivity index (χ0v) is 20.1. The zero-order chi connectivity index (χ0) is 25.4. The van der Waals surface area contributed by atoms with Crippen LogP contribution < -0.4 is 15.7 Å². The van der Waals surface area contributed by atoms with Crippen LogP contribution in [0, 0.1) is 6.92 Å². The molecular formula is C31H24N2O4. The number of aryl methyl sites for hydroxylation is 1. The molecule has 37 heavy (non-hydrogen) atoms. The number of ether oxygens (including phenoxy) is 1. The molecule has 1 aliphatic rings. The molecule has 0 saturated heterocycles. The number of benzene rings is 4. The molecule has 0 saturated carbocycles. The van der Waals surface area contributed by atoms with Crippen LogP contribution in [0.3, 0.4) is 0 Å². The molecule has 6 rings (SSSR count). The first-order valence-corrected chi connectivity index (χ1v) is 12.1. The number of anilines is 1. The second-order valence-electron chi connectivity index (χ2n) is 9.08. The Morgan fingerprint density at radius 3 is 2.57 bits per heavy atom. The van der Waals surface area contributed by atoms with Gasteiger partial charge in [0, 0.05) is 6.42 Å². The number of rotatable bonds is 4. The second kappa shape index (κ2) is 9.32. The fourth-order valence-corrected chi connectivity index (χ4v) is 4.65. The maximum Gasteiger partial charge on any atom is 0.349 e. The lowest BCUT2D eigenvalue weighted by molar-refractivity contribution is 0.465. The molecule has 1 aliphatic heterocycles. The van der Waals surface area contributed by atoms with Gasteiger partial charge < -0.3 is 19.6 Å². The molecule has 2 N–H and O–H groups in total. The molecule has 6 heteroatoms. The van der Waals surface area contributed by atoms with E-state index in [1.165, 1.54) is 0 Å². The van der Waals surface area contributed by atoms with E-state index < -0.39 is 5.63 Å². The SMILES string of the molecule is Cc1ccc2oc(=O)c(C3=Nc4ccccc4NC(c4cccc(Oc5ccccc5)c4)C3)c(O)c2c1. The van der Waals surface area contributed by atoms with Gasteiger partial charge in [-0.15, -0.1) is 0 Å². The summed E-state index contributed by atoms with van der Waals surface area (Å²) in [5.41, 5.74) is 3.67. The number of hydrogen-bond donors (Lipinski definition) is 2. The van der Waals surface area contributed by atoms with Gasteiger partial charge in [0.1, 0.15) is 28.4 Å². The zero-order valence-electron chi connectivity index (χ0n) is 20.1. The van der Waals surface area contributed by atoms with Crippen LogP contribution in [0.5, 0.6) is 17.2 Å². The molecule has 0 amide bonds. The summed E-state index contributed by atoms with van der Waals surface area (Å²) >= 11 is 0. The molecular weight excluding hydrogens is 464 g/mol. The third-order valence-corrected chi connectivity index (χ3v) is 6.45. The Balaban J connectivity index is 1.45. The monoisotopic (exact) mass is 488 g/mol. The van der Waals surface area contributed by atoms with Gasteiger partial charge in [-0.3, -0.25) is 4.99 Å². The van der Waals surface area contributed by atoms with E-state index in [2.05, 4.69) is 5.32 Å². The smallest absolute Gasteiger partial charge is 0.349 e. The highest BCUT2D eigenvalue weighted by atomic mass is 16.5. The molecule has 0 fully saturated rings. The Labute approximate surface area is 213 Å². The minimum Gasteiger partial charge on any atom is -0.506 e. The highest BCUT2D eigenvalue weighted by molar-refractivity contribution is 6.08.